The lowest BCUT2D eigenvalue weighted by Crippen LogP contribution is -2.57. The minimum absolute atomic E-state index is 0.382. The van der Waals surface area contributed by atoms with Gasteiger partial charge < -0.3 is 15.7 Å². The van der Waals surface area contributed by atoms with E-state index in [0.29, 0.717) is 23.6 Å². The van der Waals surface area contributed by atoms with Gasteiger partial charge in [0.2, 0.25) is 5.91 Å². The Hall–Kier alpha value is -2.12. The van der Waals surface area contributed by atoms with Crippen LogP contribution in [0.4, 0.5) is 0 Å². The van der Waals surface area contributed by atoms with Crippen molar-refractivity contribution < 1.29 is 9.90 Å². The molecule has 0 spiro atoms. The molecule has 0 saturated carbocycles. The van der Waals surface area contributed by atoms with Gasteiger partial charge in [0.05, 0.1) is 5.54 Å². The molecule has 2 atom stereocenters. The summed E-state index contributed by atoms with van der Waals surface area (Å²) in [5.41, 5.74) is 1.50. The molecule has 1 aliphatic rings. The monoisotopic (exact) mass is 301 g/mol. The summed E-state index contributed by atoms with van der Waals surface area (Å²) in [6.07, 6.45) is 5.66. The third kappa shape index (κ3) is 2.65. The molecule has 3 rings (SSSR count). The summed E-state index contributed by atoms with van der Waals surface area (Å²) >= 11 is 0. The number of hydrogen-bond acceptors (Lipinski definition) is 6. The summed E-state index contributed by atoms with van der Waals surface area (Å²) in [5, 5.41) is 15.5. The van der Waals surface area contributed by atoms with E-state index in [2.05, 4.69) is 32.5 Å². The number of pyridine rings is 1. The van der Waals surface area contributed by atoms with E-state index in [1.165, 1.54) is 0 Å². The smallest absolute Gasteiger partial charge is 0.246 e. The van der Waals surface area contributed by atoms with Gasteiger partial charge in [0.1, 0.15) is 12.1 Å². The summed E-state index contributed by atoms with van der Waals surface area (Å²) in [4.78, 5) is 24.7. The van der Waals surface area contributed by atoms with Crippen molar-refractivity contribution in [1.82, 2.24) is 25.6 Å². The van der Waals surface area contributed by atoms with Crippen LogP contribution in [0.1, 0.15) is 18.9 Å². The standard InChI is InChI=1S/C15H19N5O2/c1-10-6-15(9-16-7-10,20-12(22)8-21)11-2-3-18-14-13(11)17-4-5-19-14/h2-5,10,16,21H,6-9H2,1H3,(H,20,22)/t10-,15-/m0/s1. The second kappa shape index (κ2) is 5.94. The fourth-order valence-corrected chi connectivity index (χ4v) is 3.21. The molecule has 2 aromatic rings. The van der Waals surface area contributed by atoms with Gasteiger partial charge in [-0.15, -0.1) is 0 Å². The Labute approximate surface area is 128 Å². The number of carbonyl (C=O) groups excluding carboxylic acids is 1. The van der Waals surface area contributed by atoms with Crippen LogP contribution in [0.15, 0.2) is 24.7 Å². The summed E-state index contributed by atoms with van der Waals surface area (Å²) < 4.78 is 0. The normalized spacial score (nSPS) is 25.1. The van der Waals surface area contributed by atoms with Crippen molar-refractivity contribution in [2.24, 2.45) is 5.92 Å². The van der Waals surface area contributed by atoms with Crippen LogP contribution in [0, 0.1) is 5.92 Å². The van der Waals surface area contributed by atoms with Crippen LogP contribution in [-0.2, 0) is 10.3 Å². The van der Waals surface area contributed by atoms with Crippen molar-refractivity contribution in [3.63, 3.8) is 0 Å². The van der Waals surface area contributed by atoms with Crippen molar-refractivity contribution in [1.29, 1.82) is 0 Å². The van der Waals surface area contributed by atoms with Crippen molar-refractivity contribution in [2.75, 3.05) is 19.7 Å². The zero-order valence-electron chi connectivity index (χ0n) is 12.4. The predicted molar refractivity (Wildman–Crippen MR) is 80.9 cm³/mol. The van der Waals surface area contributed by atoms with Crippen LogP contribution in [0.3, 0.4) is 0 Å². The minimum Gasteiger partial charge on any atom is -0.387 e. The second-order valence-electron chi connectivity index (χ2n) is 5.82. The Bertz CT molecular complexity index is 687. The molecule has 22 heavy (non-hydrogen) atoms. The summed E-state index contributed by atoms with van der Waals surface area (Å²) in [6, 6.07) is 1.87. The first-order chi connectivity index (χ1) is 10.6. The average molecular weight is 301 g/mol. The predicted octanol–water partition coefficient (Wildman–Crippen LogP) is -0.0420. The van der Waals surface area contributed by atoms with Gasteiger partial charge in [-0.05, 0) is 24.9 Å². The lowest BCUT2D eigenvalue weighted by Gasteiger charge is -2.41. The third-order valence-corrected chi connectivity index (χ3v) is 4.03. The SMILES string of the molecule is C[C@@H]1CNC[C@](NC(=O)CO)(c2ccnc3nccnc23)C1. The second-order valence-corrected chi connectivity index (χ2v) is 5.82. The zero-order chi connectivity index (χ0) is 15.6. The molecular formula is C15H19N5O2. The third-order valence-electron chi connectivity index (χ3n) is 4.03. The molecule has 1 amide bonds. The van der Waals surface area contributed by atoms with Crippen molar-refractivity contribution in [3.8, 4) is 0 Å². The highest BCUT2D eigenvalue weighted by atomic mass is 16.3. The van der Waals surface area contributed by atoms with Crippen LogP contribution >= 0.6 is 0 Å². The molecule has 1 aliphatic heterocycles. The van der Waals surface area contributed by atoms with E-state index in [4.69, 9.17) is 5.11 Å². The van der Waals surface area contributed by atoms with Gasteiger partial charge in [0.25, 0.3) is 0 Å². The number of aromatic nitrogens is 3. The van der Waals surface area contributed by atoms with Crippen LogP contribution < -0.4 is 10.6 Å². The van der Waals surface area contributed by atoms with E-state index in [1.54, 1.807) is 18.6 Å². The van der Waals surface area contributed by atoms with Crippen LogP contribution in [0.2, 0.25) is 0 Å². The number of aliphatic hydroxyl groups is 1. The average Bonchev–Trinajstić information content (AvgIpc) is 2.54. The maximum atomic E-state index is 11.9. The lowest BCUT2D eigenvalue weighted by molar-refractivity contribution is -0.126. The molecule has 0 bridgehead atoms. The number of amides is 1. The molecule has 0 radical (unpaired) electrons. The van der Waals surface area contributed by atoms with Crippen molar-refractivity contribution >= 4 is 17.1 Å². The number of fused-ring (bicyclic) bond motifs is 1. The number of rotatable bonds is 3. The number of nitrogens with one attached hydrogen (secondary N) is 2. The van der Waals surface area contributed by atoms with E-state index in [-0.39, 0.29) is 0 Å². The first kappa shape index (κ1) is 14.8. The maximum Gasteiger partial charge on any atom is 0.246 e. The maximum absolute atomic E-state index is 11.9. The highest BCUT2D eigenvalue weighted by Crippen LogP contribution is 2.33. The largest absolute Gasteiger partial charge is 0.387 e. The van der Waals surface area contributed by atoms with Gasteiger partial charge >= 0.3 is 0 Å². The molecule has 1 fully saturated rings. The van der Waals surface area contributed by atoms with E-state index in [0.717, 1.165) is 18.5 Å². The van der Waals surface area contributed by atoms with Gasteiger partial charge in [0, 0.05) is 30.7 Å². The molecule has 0 unspecified atom stereocenters. The molecular weight excluding hydrogens is 282 g/mol. The van der Waals surface area contributed by atoms with E-state index in [1.807, 2.05) is 6.07 Å². The van der Waals surface area contributed by atoms with Gasteiger partial charge in [-0.1, -0.05) is 6.92 Å². The first-order valence-corrected chi connectivity index (χ1v) is 7.33. The highest BCUT2D eigenvalue weighted by molar-refractivity contribution is 5.80. The van der Waals surface area contributed by atoms with E-state index < -0.39 is 18.1 Å². The molecule has 0 aromatic carbocycles. The fraction of sp³-hybridized carbons (Fsp3) is 0.467. The molecule has 3 heterocycles. The molecule has 3 N–H and O–H groups in total. The zero-order valence-corrected chi connectivity index (χ0v) is 12.4. The van der Waals surface area contributed by atoms with Crippen LogP contribution in [0.25, 0.3) is 11.2 Å². The number of aliphatic hydroxyl groups excluding tert-OH is 1. The Morgan fingerprint density at radius 3 is 2.95 bits per heavy atom. The molecule has 1 saturated heterocycles. The molecule has 116 valence electrons. The summed E-state index contributed by atoms with van der Waals surface area (Å²) in [5.74, 6) is -0.0163. The van der Waals surface area contributed by atoms with Gasteiger partial charge in [-0.25, -0.2) is 9.97 Å². The van der Waals surface area contributed by atoms with E-state index >= 15 is 0 Å². The molecule has 2 aromatic heterocycles. The lowest BCUT2D eigenvalue weighted by atomic mass is 9.78. The van der Waals surface area contributed by atoms with Gasteiger partial charge in [0.15, 0.2) is 5.65 Å². The Balaban J connectivity index is 2.13. The topological polar surface area (TPSA) is 100 Å². The van der Waals surface area contributed by atoms with E-state index in [9.17, 15) is 4.79 Å². The number of piperidine rings is 1. The van der Waals surface area contributed by atoms with Crippen LogP contribution in [-0.4, -0.2) is 45.7 Å². The number of hydrogen-bond donors (Lipinski definition) is 3. The van der Waals surface area contributed by atoms with Gasteiger partial charge in [-0.2, -0.15) is 0 Å². The molecule has 0 aliphatic carbocycles. The van der Waals surface area contributed by atoms with Crippen LogP contribution in [0.5, 0.6) is 0 Å². The fourth-order valence-electron chi connectivity index (χ4n) is 3.21. The Morgan fingerprint density at radius 2 is 2.18 bits per heavy atom. The number of nitrogens with zero attached hydrogens (tertiary/aromatic N) is 3. The summed E-state index contributed by atoms with van der Waals surface area (Å²) in [6.45, 7) is 3.07. The Kier molecular flexibility index (Phi) is 4.00. The molecule has 7 nitrogen and oxygen atoms in total. The quantitative estimate of drug-likeness (QED) is 0.735. The summed E-state index contributed by atoms with van der Waals surface area (Å²) in [7, 11) is 0. The van der Waals surface area contributed by atoms with Gasteiger partial charge in [-0.3, -0.25) is 9.78 Å². The van der Waals surface area contributed by atoms with Crippen molar-refractivity contribution in [3.05, 3.63) is 30.2 Å². The minimum atomic E-state index is -0.616. The Morgan fingerprint density at radius 1 is 1.41 bits per heavy atom. The number of carbonyl (C=O) groups is 1. The van der Waals surface area contributed by atoms with Crippen molar-refractivity contribution in [2.45, 2.75) is 18.9 Å². The first-order valence-electron chi connectivity index (χ1n) is 7.33. The highest BCUT2D eigenvalue weighted by Gasteiger charge is 2.39. The molecule has 7 heteroatoms.